The Morgan fingerprint density at radius 3 is 2.48 bits per heavy atom. The van der Waals surface area contributed by atoms with Crippen molar-refractivity contribution in [1.82, 2.24) is 19.8 Å². The Kier molecular flexibility index (Phi) is 4.62. The van der Waals surface area contributed by atoms with Crippen molar-refractivity contribution in [3.63, 3.8) is 0 Å². The van der Waals surface area contributed by atoms with Crippen molar-refractivity contribution in [2.75, 3.05) is 33.2 Å². The van der Waals surface area contributed by atoms with E-state index in [0.29, 0.717) is 6.04 Å². The molecule has 2 aromatic rings. The van der Waals surface area contributed by atoms with Gasteiger partial charge < -0.3 is 4.90 Å². The van der Waals surface area contributed by atoms with E-state index in [4.69, 9.17) is 0 Å². The van der Waals surface area contributed by atoms with E-state index in [-0.39, 0.29) is 0 Å². The van der Waals surface area contributed by atoms with Gasteiger partial charge in [0.1, 0.15) is 0 Å². The SMILES string of the molecule is C=NC(=NC)N1CCN(C(C)c2ccc3nccnc3c2)CC1. The summed E-state index contributed by atoms with van der Waals surface area (Å²) in [4.78, 5) is 21.5. The molecule has 6 nitrogen and oxygen atoms in total. The minimum Gasteiger partial charge on any atom is -0.339 e. The Morgan fingerprint density at radius 2 is 1.83 bits per heavy atom. The minimum absolute atomic E-state index is 0.349. The molecule has 1 fully saturated rings. The summed E-state index contributed by atoms with van der Waals surface area (Å²) < 4.78 is 0. The van der Waals surface area contributed by atoms with E-state index >= 15 is 0 Å². The number of aliphatic imine (C=N–C) groups is 2. The maximum Gasteiger partial charge on any atom is 0.219 e. The van der Waals surface area contributed by atoms with E-state index in [2.05, 4.69) is 55.5 Å². The van der Waals surface area contributed by atoms with E-state index in [1.165, 1.54) is 5.56 Å². The van der Waals surface area contributed by atoms with Crippen LogP contribution >= 0.6 is 0 Å². The number of rotatable bonds is 2. The standard InChI is InChI=1S/C17H22N6/c1-13(14-4-5-15-16(12-14)21-7-6-20-15)22-8-10-23(11-9-22)17(18-2)19-3/h4-7,12-13H,2,8-11H2,1,3H3. The fourth-order valence-electron chi connectivity index (χ4n) is 3.07. The Morgan fingerprint density at radius 1 is 1.13 bits per heavy atom. The van der Waals surface area contributed by atoms with Crippen LogP contribution in [0.3, 0.4) is 0 Å². The van der Waals surface area contributed by atoms with Crippen molar-refractivity contribution >= 4 is 23.7 Å². The summed E-state index contributed by atoms with van der Waals surface area (Å²) in [5.74, 6) is 0.735. The lowest BCUT2D eigenvalue weighted by atomic mass is 10.1. The Balaban J connectivity index is 1.71. The van der Waals surface area contributed by atoms with Crippen LogP contribution in [-0.2, 0) is 0 Å². The third kappa shape index (κ3) is 3.22. The zero-order chi connectivity index (χ0) is 16.2. The first-order valence-corrected chi connectivity index (χ1v) is 7.86. The topological polar surface area (TPSA) is 57.0 Å². The number of nitrogens with zero attached hydrogens (tertiary/aromatic N) is 6. The normalized spacial score (nSPS) is 18.2. The molecular formula is C17H22N6. The quantitative estimate of drug-likeness (QED) is 0.629. The van der Waals surface area contributed by atoms with Crippen LogP contribution in [0.2, 0.25) is 0 Å². The van der Waals surface area contributed by atoms with Gasteiger partial charge in [0.2, 0.25) is 5.96 Å². The van der Waals surface area contributed by atoms with Gasteiger partial charge in [0.05, 0.1) is 11.0 Å². The van der Waals surface area contributed by atoms with Crippen molar-refractivity contribution in [3.05, 3.63) is 36.2 Å². The molecule has 1 atom stereocenters. The minimum atomic E-state index is 0.349. The molecule has 0 bridgehead atoms. The molecule has 1 aromatic carbocycles. The molecule has 0 spiro atoms. The molecule has 1 saturated heterocycles. The number of guanidine groups is 1. The third-order valence-electron chi connectivity index (χ3n) is 4.46. The number of fused-ring (bicyclic) bond motifs is 1. The fourth-order valence-corrected chi connectivity index (χ4v) is 3.07. The zero-order valence-corrected chi connectivity index (χ0v) is 13.7. The van der Waals surface area contributed by atoms with Crippen molar-refractivity contribution in [2.24, 2.45) is 9.98 Å². The molecule has 2 heterocycles. The lowest BCUT2D eigenvalue weighted by Gasteiger charge is -2.38. The maximum absolute atomic E-state index is 4.40. The summed E-state index contributed by atoms with van der Waals surface area (Å²) in [7, 11) is 1.76. The highest BCUT2D eigenvalue weighted by molar-refractivity contribution is 5.84. The van der Waals surface area contributed by atoms with Crippen molar-refractivity contribution < 1.29 is 0 Å². The number of hydrogen-bond acceptors (Lipinski definition) is 4. The number of benzene rings is 1. The first-order valence-electron chi connectivity index (χ1n) is 7.86. The second kappa shape index (κ2) is 6.83. The largest absolute Gasteiger partial charge is 0.339 e. The first-order chi connectivity index (χ1) is 11.2. The number of hydrogen-bond donors (Lipinski definition) is 0. The van der Waals surface area contributed by atoms with Gasteiger partial charge in [-0.2, -0.15) is 0 Å². The van der Waals surface area contributed by atoms with Gasteiger partial charge in [-0.3, -0.25) is 19.9 Å². The molecule has 1 aliphatic heterocycles. The number of piperazine rings is 1. The van der Waals surface area contributed by atoms with Crippen molar-refractivity contribution in [2.45, 2.75) is 13.0 Å². The van der Waals surface area contributed by atoms with Gasteiger partial charge >= 0.3 is 0 Å². The average Bonchev–Trinajstić information content (AvgIpc) is 2.62. The predicted molar refractivity (Wildman–Crippen MR) is 94.0 cm³/mol. The Bertz CT molecular complexity index is 718. The molecule has 0 aliphatic carbocycles. The molecule has 0 amide bonds. The fraction of sp³-hybridized carbons (Fsp3) is 0.412. The lowest BCUT2D eigenvalue weighted by molar-refractivity contribution is 0.140. The van der Waals surface area contributed by atoms with Gasteiger partial charge in [0, 0.05) is 51.7 Å². The van der Waals surface area contributed by atoms with E-state index in [9.17, 15) is 0 Å². The summed E-state index contributed by atoms with van der Waals surface area (Å²) in [5, 5.41) is 0. The van der Waals surface area contributed by atoms with Crippen LogP contribution in [0.15, 0.2) is 40.6 Å². The maximum atomic E-state index is 4.40. The van der Waals surface area contributed by atoms with Crippen LogP contribution in [0.5, 0.6) is 0 Å². The first kappa shape index (κ1) is 15.6. The van der Waals surface area contributed by atoms with E-state index in [1.807, 2.05) is 6.07 Å². The summed E-state index contributed by atoms with van der Waals surface area (Å²) in [6, 6.07) is 6.69. The highest BCUT2D eigenvalue weighted by atomic mass is 15.3. The molecule has 6 heteroatoms. The van der Waals surface area contributed by atoms with Gasteiger partial charge in [-0.1, -0.05) is 6.07 Å². The number of aromatic nitrogens is 2. The Hall–Kier alpha value is -2.34. The summed E-state index contributed by atoms with van der Waals surface area (Å²) in [6.45, 7) is 9.63. The van der Waals surface area contributed by atoms with Gasteiger partial charge in [0.25, 0.3) is 0 Å². The van der Waals surface area contributed by atoms with Crippen LogP contribution in [-0.4, -0.2) is 65.7 Å². The molecule has 3 rings (SSSR count). The van der Waals surface area contributed by atoms with Crippen molar-refractivity contribution in [3.8, 4) is 0 Å². The summed E-state index contributed by atoms with van der Waals surface area (Å²) in [5.41, 5.74) is 3.17. The predicted octanol–water partition coefficient (Wildman–Crippen LogP) is 1.99. The van der Waals surface area contributed by atoms with Gasteiger partial charge in [-0.25, -0.2) is 4.99 Å². The molecule has 23 heavy (non-hydrogen) atoms. The average molecular weight is 310 g/mol. The third-order valence-corrected chi connectivity index (χ3v) is 4.46. The highest BCUT2D eigenvalue weighted by Crippen LogP contribution is 2.24. The molecular weight excluding hydrogens is 288 g/mol. The van der Waals surface area contributed by atoms with E-state index < -0.39 is 0 Å². The van der Waals surface area contributed by atoms with Crippen molar-refractivity contribution in [1.29, 1.82) is 0 Å². The van der Waals surface area contributed by atoms with Gasteiger partial charge in [-0.05, 0) is 31.3 Å². The molecule has 0 saturated carbocycles. The van der Waals surface area contributed by atoms with E-state index in [0.717, 1.165) is 43.2 Å². The zero-order valence-electron chi connectivity index (χ0n) is 13.7. The summed E-state index contributed by atoms with van der Waals surface area (Å²) in [6.07, 6.45) is 3.47. The van der Waals surface area contributed by atoms with Gasteiger partial charge in [-0.15, -0.1) is 0 Å². The molecule has 0 radical (unpaired) electrons. The van der Waals surface area contributed by atoms with E-state index in [1.54, 1.807) is 19.4 Å². The molecule has 1 aromatic heterocycles. The van der Waals surface area contributed by atoms with Crippen LogP contribution in [0, 0.1) is 0 Å². The van der Waals surface area contributed by atoms with Crippen LogP contribution in [0.25, 0.3) is 11.0 Å². The summed E-state index contributed by atoms with van der Waals surface area (Å²) >= 11 is 0. The van der Waals surface area contributed by atoms with Crippen LogP contribution in [0.4, 0.5) is 0 Å². The van der Waals surface area contributed by atoms with Gasteiger partial charge in [0.15, 0.2) is 0 Å². The Labute approximate surface area is 136 Å². The second-order valence-corrected chi connectivity index (χ2v) is 5.69. The molecule has 1 unspecified atom stereocenters. The second-order valence-electron chi connectivity index (χ2n) is 5.69. The highest BCUT2D eigenvalue weighted by Gasteiger charge is 2.23. The monoisotopic (exact) mass is 310 g/mol. The molecule has 120 valence electrons. The van der Waals surface area contributed by atoms with Crippen LogP contribution in [0.1, 0.15) is 18.5 Å². The van der Waals surface area contributed by atoms with Crippen LogP contribution < -0.4 is 0 Å². The molecule has 0 N–H and O–H groups in total. The smallest absolute Gasteiger partial charge is 0.219 e. The molecule has 1 aliphatic rings. The lowest BCUT2D eigenvalue weighted by Crippen LogP contribution is -2.48.